The summed E-state index contributed by atoms with van der Waals surface area (Å²) in [5.41, 5.74) is 3.04. The third-order valence-corrected chi connectivity index (χ3v) is 5.21. The topological polar surface area (TPSA) is 120 Å². The van der Waals surface area contributed by atoms with Crippen LogP contribution in [0.3, 0.4) is 0 Å². The summed E-state index contributed by atoms with van der Waals surface area (Å²) >= 11 is 0. The first-order valence-corrected chi connectivity index (χ1v) is 10.3. The number of rotatable bonds is 6. The molecule has 10 heteroatoms. The van der Waals surface area contributed by atoms with Crippen LogP contribution >= 0.6 is 0 Å². The summed E-state index contributed by atoms with van der Waals surface area (Å²) in [6, 6.07) is 14.8. The lowest BCUT2D eigenvalue weighted by Crippen LogP contribution is -2.29. The van der Waals surface area contributed by atoms with Gasteiger partial charge in [0.15, 0.2) is 0 Å². The average Bonchev–Trinajstić information content (AvgIpc) is 3.28. The summed E-state index contributed by atoms with van der Waals surface area (Å²) in [5.74, 6) is 1.90. The Labute approximate surface area is 183 Å². The average molecular weight is 431 g/mol. The van der Waals surface area contributed by atoms with Crippen LogP contribution in [0.4, 0.5) is 11.6 Å². The smallest absolute Gasteiger partial charge is 0.288 e. The fourth-order valence-corrected chi connectivity index (χ4v) is 3.85. The van der Waals surface area contributed by atoms with Crippen LogP contribution in [0.15, 0.2) is 53.3 Å². The highest BCUT2D eigenvalue weighted by molar-refractivity contribution is 5.75. The third kappa shape index (κ3) is 3.35. The first-order valence-electron chi connectivity index (χ1n) is 10.3. The molecule has 0 aliphatic carbocycles. The van der Waals surface area contributed by atoms with Crippen molar-refractivity contribution in [3.05, 3.63) is 70.0 Å². The molecule has 162 valence electrons. The minimum absolute atomic E-state index is 0.347. The summed E-state index contributed by atoms with van der Waals surface area (Å²) in [6.45, 7) is 5.03. The van der Waals surface area contributed by atoms with Crippen molar-refractivity contribution in [2.45, 2.75) is 19.9 Å². The highest BCUT2D eigenvalue weighted by Crippen LogP contribution is 2.41. The molecular formula is C22H21N7O3. The fraction of sp³-hybridized carbons (Fsp3) is 0.227. The van der Waals surface area contributed by atoms with Crippen molar-refractivity contribution in [1.82, 2.24) is 30.4 Å². The number of ether oxygens (including phenoxy) is 2. The Balaban J connectivity index is 1.68. The maximum atomic E-state index is 12.7. The molecule has 0 bridgehead atoms. The van der Waals surface area contributed by atoms with E-state index in [9.17, 15) is 4.79 Å². The maximum Gasteiger partial charge on any atom is 0.288 e. The van der Waals surface area contributed by atoms with Crippen molar-refractivity contribution < 1.29 is 9.47 Å². The monoisotopic (exact) mass is 431 g/mol. The largest absolute Gasteiger partial charge is 0.494 e. The van der Waals surface area contributed by atoms with Gasteiger partial charge in [0.25, 0.3) is 5.56 Å². The van der Waals surface area contributed by atoms with Gasteiger partial charge in [-0.15, -0.1) is 0 Å². The first kappa shape index (κ1) is 19.7. The van der Waals surface area contributed by atoms with Gasteiger partial charge in [0.05, 0.1) is 18.9 Å². The van der Waals surface area contributed by atoms with Crippen molar-refractivity contribution in [1.29, 1.82) is 0 Å². The van der Waals surface area contributed by atoms with Gasteiger partial charge in [-0.2, -0.15) is 9.78 Å². The van der Waals surface area contributed by atoms with Gasteiger partial charge >= 0.3 is 0 Å². The summed E-state index contributed by atoms with van der Waals surface area (Å²) in [5, 5.41) is 22.0. The predicted molar refractivity (Wildman–Crippen MR) is 117 cm³/mol. The van der Waals surface area contributed by atoms with Crippen molar-refractivity contribution >= 4 is 11.6 Å². The molecule has 1 atom stereocenters. The number of anilines is 2. The lowest BCUT2D eigenvalue weighted by molar-refractivity contribution is 0.340. The highest BCUT2D eigenvalue weighted by atomic mass is 16.5. The van der Waals surface area contributed by atoms with Crippen LogP contribution in [0, 0.1) is 0 Å². The van der Waals surface area contributed by atoms with Gasteiger partial charge in [-0.25, -0.2) is 5.10 Å². The molecule has 32 heavy (non-hydrogen) atoms. The number of hydrogen-bond donors (Lipinski definition) is 2. The Hall–Kier alpha value is -4.21. The van der Waals surface area contributed by atoms with Crippen molar-refractivity contribution in [3.63, 3.8) is 0 Å². The zero-order valence-electron chi connectivity index (χ0n) is 17.6. The lowest BCUT2D eigenvalue weighted by atomic mass is 9.92. The van der Waals surface area contributed by atoms with E-state index >= 15 is 0 Å². The van der Waals surface area contributed by atoms with Gasteiger partial charge in [-0.05, 0) is 66.2 Å². The number of benzene rings is 2. The summed E-state index contributed by atoms with van der Waals surface area (Å²) in [6.07, 6.45) is 0. The van der Waals surface area contributed by atoms with E-state index in [1.54, 1.807) is 4.68 Å². The number of aromatic nitrogens is 6. The zero-order valence-corrected chi connectivity index (χ0v) is 17.6. The molecule has 2 aromatic heterocycles. The number of aromatic amines is 1. The molecule has 5 rings (SSSR count). The molecule has 2 aromatic carbocycles. The molecule has 0 unspecified atom stereocenters. The Morgan fingerprint density at radius 3 is 2.28 bits per heavy atom. The summed E-state index contributed by atoms with van der Waals surface area (Å²) in [4.78, 5) is 12.7. The predicted octanol–water partition coefficient (Wildman–Crippen LogP) is 2.92. The second kappa shape index (κ2) is 8.14. The molecule has 0 radical (unpaired) electrons. The van der Waals surface area contributed by atoms with E-state index in [4.69, 9.17) is 9.47 Å². The van der Waals surface area contributed by atoms with E-state index < -0.39 is 6.04 Å². The second-order valence-electron chi connectivity index (χ2n) is 7.12. The Kier molecular flexibility index (Phi) is 5.02. The second-order valence-corrected chi connectivity index (χ2v) is 7.12. The van der Waals surface area contributed by atoms with E-state index in [1.165, 1.54) is 0 Å². The zero-order chi connectivity index (χ0) is 22.1. The molecule has 1 aliphatic heterocycles. The van der Waals surface area contributed by atoms with E-state index in [1.807, 2.05) is 62.4 Å². The van der Waals surface area contributed by atoms with Crippen LogP contribution < -0.4 is 20.3 Å². The molecule has 10 nitrogen and oxygen atoms in total. The van der Waals surface area contributed by atoms with Crippen LogP contribution in [0.1, 0.15) is 31.0 Å². The van der Waals surface area contributed by atoms with Crippen LogP contribution in [0.25, 0.3) is 11.3 Å². The summed E-state index contributed by atoms with van der Waals surface area (Å²) < 4.78 is 12.8. The summed E-state index contributed by atoms with van der Waals surface area (Å²) in [7, 11) is 0. The van der Waals surface area contributed by atoms with Crippen LogP contribution in [-0.4, -0.2) is 43.6 Å². The van der Waals surface area contributed by atoms with E-state index in [-0.39, 0.29) is 5.56 Å². The Morgan fingerprint density at radius 1 is 0.969 bits per heavy atom. The van der Waals surface area contributed by atoms with Crippen LogP contribution in [0.5, 0.6) is 11.5 Å². The number of tetrazole rings is 1. The van der Waals surface area contributed by atoms with Crippen molar-refractivity contribution in [2.75, 3.05) is 18.5 Å². The van der Waals surface area contributed by atoms with Gasteiger partial charge in [0, 0.05) is 11.1 Å². The Morgan fingerprint density at radius 2 is 1.62 bits per heavy atom. The molecule has 0 fully saturated rings. The molecule has 0 saturated heterocycles. The standard InChI is InChI=1S/C22H21N7O3/c1-3-31-15-9-5-13(6-10-15)18-17-19(21(30)25-24-18)23-22-26-27-28-29(22)20(17)14-7-11-16(12-8-14)32-4-2/h5-12,20H,3-4H2,1-2H3,(H,25,30)(H,23,26,28)/t20-/m1/s1. The molecule has 0 amide bonds. The van der Waals surface area contributed by atoms with E-state index in [0.29, 0.717) is 36.1 Å². The number of H-pyrrole nitrogens is 1. The fourth-order valence-electron chi connectivity index (χ4n) is 3.85. The minimum atomic E-state index is -0.455. The third-order valence-electron chi connectivity index (χ3n) is 5.21. The van der Waals surface area contributed by atoms with Gasteiger partial charge in [0.2, 0.25) is 5.95 Å². The highest BCUT2D eigenvalue weighted by Gasteiger charge is 2.34. The normalized spacial score (nSPS) is 14.2. The number of hydrogen-bond acceptors (Lipinski definition) is 8. The minimum Gasteiger partial charge on any atom is -0.494 e. The van der Waals surface area contributed by atoms with Crippen molar-refractivity contribution in [3.8, 4) is 22.8 Å². The van der Waals surface area contributed by atoms with E-state index in [2.05, 4.69) is 31.0 Å². The molecule has 2 N–H and O–H groups in total. The maximum absolute atomic E-state index is 12.7. The van der Waals surface area contributed by atoms with E-state index in [0.717, 1.165) is 22.6 Å². The van der Waals surface area contributed by atoms with Crippen LogP contribution in [-0.2, 0) is 0 Å². The van der Waals surface area contributed by atoms with Gasteiger partial charge in [-0.1, -0.05) is 17.2 Å². The molecule has 3 heterocycles. The Bertz CT molecular complexity index is 1300. The molecular weight excluding hydrogens is 410 g/mol. The first-order chi connectivity index (χ1) is 15.7. The molecule has 0 spiro atoms. The van der Waals surface area contributed by atoms with Gasteiger partial charge in [-0.3, -0.25) is 4.79 Å². The van der Waals surface area contributed by atoms with Gasteiger partial charge in [0.1, 0.15) is 23.2 Å². The molecule has 4 aromatic rings. The number of fused-ring (bicyclic) bond motifs is 2. The quantitative estimate of drug-likeness (QED) is 0.421. The van der Waals surface area contributed by atoms with Crippen LogP contribution in [0.2, 0.25) is 0 Å². The molecule has 1 aliphatic rings. The molecule has 0 saturated carbocycles. The SMILES string of the molecule is CCOc1ccc(-c2n[nH]c(=O)c3c2[C@@H](c2ccc(OCC)cc2)n2nnnc2N3)cc1. The lowest BCUT2D eigenvalue weighted by Gasteiger charge is -2.28. The van der Waals surface area contributed by atoms with Gasteiger partial charge < -0.3 is 14.8 Å². The van der Waals surface area contributed by atoms with Crippen molar-refractivity contribution in [2.24, 2.45) is 0 Å². The number of nitrogens with one attached hydrogen (secondary N) is 2. The number of nitrogens with zero attached hydrogens (tertiary/aromatic N) is 5.